The van der Waals surface area contributed by atoms with E-state index in [1.165, 1.54) is 12.2 Å². The van der Waals surface area contributed by atoms with Crippen LogP contribution in [0, 0.1) is 10.1 Å². The third kappa shape index (κ3) is 7.08. The van der Waals surface area contributed by atoms with Gasteiger partial charge in [-0.15, -0.1) is 0 Å². The zero-order valence-electron chi connectivity index (χ0n) is 19.9. The van der Waals surface area contributed by atoms with Crippen molar-refractivity contribution in [3.63, 3.8) is 0 Å². The van der Waals surface area contributed by atoms with Crippen LogP contribution in [0.1, 0.15) is 11.3 Å². The Morgan fingerprint density at radius 1 is 1.05 bits per heavy atom. The van der Waals surface area contributed by atoms with Gasteiger partial charge in [-0.2, -0.15) is 13.2 Å². The second-order valence-electron chi connectivity index (χ2n) is 8.42. The van der Waals surface area contributed by atoms with Crippen LogP contribution >= 0.6 is 35.4 Å². The van der Waals surface area contributed by atoms with Gasteiger partial charge in [0.2, 0.25) is 5.91 Å². The molecule has 1 aliphatic rings. The van der Waals surface area contributed by atoms with Crippen molar-refractivity contribution in [2.75, 3.05) is 31.1 Å². The fraction of sp³-hybridized carbons (Fsp3) is 0.200. The van der Waals surface area contributed by atoms with E-state index in [0.29, 0.717) is 46.3 Å². The number of carbonyl (C=O) groups excluding carboxylic acids is 1. The lowest BCUT2D eigenvalue weighted by Crippen LogP contribution is -2.52. The van der Waals surface area contributed by atoms with Gasteiger partial charge in [-0.25, -0.2) is 0 Å². The van der Waals surface area contributed by atoms with Gasteiger partial charge < -0.3 is 14.2 Å². The lowest BCUT2D eigenvalue weighted by Gasteiger charge is -2.36. The number of benzene rings is 2. The van der Waals surface area contributed by atoms with Crippen LogP contribution in [0.15, 0.2) is 59.0 Å². The Labute approximate surface area is 235 Å². The van der Waals surface area contributed by atoms with E-state index in [1.807, 2.05) is 0 Å². The second kappa shape index (κ2) is 11.6. The Hall–Kier alpha value is -3.61. The number of piperazine rings is 1. The topological polar surface area (TPSA) is 91.9 Å². The highest BCUT2D eigenvalue weighted by molar-refractivity contribution is 7.80. The monoisotopic (exact) mass is 598 g/mol. The fourth-order valence-corrected chi connectivity index (χ4v) is 4.75. The number of thiocarbonyl (C=S) groups is 1. The Balaban J connectivity index is 1.33. The maximum absolute atomic E-state index is 13.0. The van der Waals surface area contributed by atoms with Gasteiger partial charge in [0.1, 0.15) is 17.2 Å². The van der Waals surface area contributed by atoms with Crippen LogP contribution in [0.25, 0.3) is 17.4 Å². The maximum Gasteiger partial charge on any atom is 0.416 e. The molecule has 14 heteroatoms. The molecule has 0 atom stereocenters. The summed E-state index contributed by atoms with van der Waals surface area (Å²) in [5.74, 6) is 0.430. The number of furan rings is 1. The highest BCUT2D eigenvalue weighted by Gasteiger charge is 2.34. The number of hydrogen-bond acceptors (Lipinski definition) is 6. The largest absolute Gasteiger partial charge is 0.457 e. The van der Waals surface area contributed by atoms with Crippen LogP contribution in [0.3, 0.4) is 0 Å². The molecular formula is C25H19Cl2F3N4O4S. The van der Waals surface area contributed by atoms with Gasteiger partial charge in [-0.1, -0.05) is 23.2 Å². The molecule has 8 nitrogen and oxygen atoms in total. The number of anilines is 1. The fourth-order valence-electron chi connectivity index (χ4n) is 3.94. The zero-order valence-corrected chi connectivity index (χ0v) is 22.2. The number of nitro benzene ring substituents is 1. The molecule has 1 N–H and O–H groups in total. The van der Waals surface area contributed by atoms with Crippen molar-refractivity contribution in [1.82, 2.24) is 10.2 Å². The molecule has 2 aromatic carbocycles. The van der Waals surface area contributed by atoms with Gasteiger partial charge >= 0.3 is 6.18 Å². The van der Waals surface area contributed by atoms with Crippen LogP contribution in [0.5, 0.6) is 0 Å². The van der Waals surface area contributed by atoms with Gasteiger partial charge in [-0.05, 0) is 60.8 Å². The molecule has 1 fully saturated rings. The summed E-state index contributed by atoms with van der Waals surface area (Å²) < 4.78 is 44.7. The van der Waals surface area contributed by atoms with Gasteiger partial charge in [0, 0.05) is 53.9 Å². The van der Waals surface area contributed by atoms with E-state index < -0.39 is 28.3 Å². The predicted octanol–water partition coefficient (Wildman–Crippen LogP) is 6.42. The van der Waals surface area contributed by atoms with E-state index in [0.717, 1.165) is 12.1 Å². The molecule has 2 heterocycles. The Bertz CT molecular complexity index is 1430. The first-order chi connectivity index (χ1) is 18.4. The number of rotatable bonds is 5. The highest BCUT2D eigenvalue weighted by Crippen LogP contribution is 2.37. The average Bonchev–Trinajstić information content (AvgIpc) is 3.35. The number of amides is 1. The number of carbonyl (C=O) groups is 1. The maximum atomic E-state index is 13.0. The predicted molar refractivity (Wildman–Crippen MR) is 146 cm³/mol. The van der Waals surface area contributed by atoms with Crippen LogP contribution < -0.4 is 10.2 Å². The summed E-state index contributed by atoms with van der Waals surface area (Å²) in [7, 11) is 0. The lowest BCUT2D eigenvalue weighted by molar-refractivity contribution is -0.384. The molecule has 0 saturated carbocycles. The molecule has 0 radical (unpaired) electrons. The van der Waals surface area contributed by atoms with Crippen molar-refractivity contribution in [1.29, 1.82) is 0 Å². The summed E-state index contributed by atoms with van der Waals surface area (Å²) in [4.78, 5) is 26.3. The molecule has 1 aromatic heterocycles. The summed E-state index contributed by atoms with van der Waals surface area (Å²) in [6, 6.07) is 10.8. The van der Waals surface area contributed by atoms with Crippen LogP contribution in [-0.2, 0) is 11.0 Å². The smallest absolute Gasteiger partial charge is 0.416 e. The summed E-state index contributed by atoms with van der Waals surface area (Å²) in [5, 5.41) is 15.1. The Morgan fingerprint density at radius 3 is 2.33 bits per heavy atom. The van der Waals surface area contributed by atoms with Crippen molar-refractivity contribution < 1.29 is 27.3 Å². The van der Waals surface area contributed by atoms with Gasteiger partial charge in [-0.3, -0.25) is 20.2 Å². The quantitative estimate of drug-likeness (QED) is 0.157. The summed E-state index contributed by atoms with van der Waals surface area (Å²) in [6.07, 6.45) is -1.97. The first kappa shape index (κ1) is 28.4. The summed E-state index contributed by atoms with van der Waals surface area (Å²) in [6.45, 7) is 1.09. The minimum Gasteiger partial charge on any atom is -0.457 e. The molecule has 0 bridgehead atoms. The van der Waals surface area contributed by atoms with Crippen molar-refractivity contribution in [3.8, 4) is 11.3 Å². The molecule has 1 aliphatic heterocycles. The molecule has 204 valence electrons. The second-order valence-corrected chi connectivity index (χ2v) is 9.68. The molecule has 4 rings (SSSR count). The standard InChI is InChI=1S/C25H19Cl2F3N4O4S/c26-17-11-15(12-18(27)14-17)22-5-2-19(38-22)3-6-23(35)31-24(39)33-9-7-32(8-10-33)20-4-1-16(25(28,29)30)13-21(20)34(36)37/h1-6,11-14H,7-10H2,(H,31,35,39)/b6-3+. The summed E-state index contributed by atoms with van der Waals surface area (Å²) in [5.41, 5.74) is -0.950. The third-order valence-electron chi connectivity index (χ3n) is 5.81. The van der Waals surface area contributed by atoms with Crippen molar-refractivity contribution in [2.24, 2.45) is 0 Å². The molecule has 0 unspecified atom stereocenters. The lowest BCUT2D eigenvalue weighted by atomic mass is 10.1. The number of nitrogens with one attached hydrogen (secondary N) is 1. The minimum atomic E-state index is -4.69. The molecule has 3 aromatic rings. The first-order valence-corrected chi connectivity index (χ1v) is 12.5. The number of hydrogen-bond donors (Lipinski definition) is 1. The molecular weight excluding hydrogens is 580 g/mol. The van der Waals surface area contributed by atoms with E-state index in [9.17, 15) is 28.1 Å². The van der Waals surface area contributed by atoms with Crippen LogP contribution in [0.2, 0.25) is 10.0 Å². The summed E-state index contributed by atoms with van der Waals surface area (Å²) >= 11 is 17.4. The zero-order chi connectivity index (χ0) is 28.3. The molecule has 0 spiro atoms. The molecule has 39 heavy (non-hydrogen) atoms. The number of halogens is 5. The van der Waals surface area contributed by atoms with E-state index in [1.54, 1.807) is 40.1 Å². The van der Waals surface area contributed by atoms with Crippen LogP contribution in [0.4, 0.5) is 24.5 Å². The molecule has 1 saturated heterocycles. The van der Waals surface area contributed by atoms with Crippen molar-refractivity contribution in [3.05, 3.63) is 86.1 Å². The average molecular weight is 599 g/mol. The number of nitro groups is 1. The molecule has 1 amide bonds. The highest BCUT2D eigenvalue weighted by atomic mass is 35.5. The Morgan fingerprint density at radius 2 is 1.72 bits per heavy atom. The van der Waals surface area contributed by atoms with E-state index >= 15 is 0 Å². The van der Waals surface area contributed by atoms with Gasteiger partial charge in [0.25, 0.3) is 5.69 Å². The van der Waals surface area contributed by atoms with Gasteiger partial charge in [0.15, 0.2) is 5.11 Å². The SMILES string of the molecule is O=C(/C=C/c1ccc(-c2cc(Cl)cc(Cl)c2)o1)NC(=S)N1CCN(c2ccc(C(F)(F)F)cc2[N+](=O)[O-])CC1. The van der Waals surface area contributed by atoms with E-state index in [-0.39, 0.29) is 23.9 Å². The minimum absolute atomic E-state index is 0.0865. The number of nitrogens with zero attached hydrogens (tertiary/aromatic N) is 3. The van der Waals surface area contributed by atoms with Gasteiger partial charge in [0.05, 0.1) is 10.5 Å². The van der Waals surface area contributed by atoms with E-state index in [2.05, 4.69) is 5.32 Å². The normalized spacial score (nSPS) is 14.1. The van der Waals surface area contributed by atoms with Crippen LogP contribution in [-0.4, -0.2) is 47.0 Å². The Kier molecular flexibility index (Phi) is 8.48. The van der Waals surface area contributed by atoms with E-state index in [4.69, 9.17) is 39.8 Å². The third-order valence-corrected chi connectivity index (χ3v) is 6.61. The molecule has 0 aliphatic carbocycles. The van der Waals surface area contributed by atoms with Crippen molar-refractivity contribution >= 4 is 63.9 Å². The number of alkyl halides is 3. The first-order valence-electron chi connectivity index (χ1n) is 11.4. The van der Waals surface area contributed by atoms with Crippen molar-refractivity contribution in [2.45, 2.75) is 6.18 Å².